The molecular weight excluding hydrogens is 325 g/mol. The molecule has 1 aliphatic heterocycles. The van der Waals surface area contributed by atoms with Crippen LogP contribution >= 0.6 is 0 Å². The van der Waals surface area contributed by atoms with Crippen LogP contribution in [0, 0.1) is 5.82 Å². The monoisotopic (exact) mass is 349 g/mol. The maximum absolute atomic E-state index is 14.0. The fourth-order valence-corrected chi connectivity index (χ4v) is 3.57. The Morgan fingerprint density at radius 1 is 1.12 bits per heavy atom. The Morgan fingerprint density at radius 3 is 2.64 bits per heavy atom. The molecule has 3 rings (SSSR count). The first-order valence-corrected chi connectivity index (χ1v) is 8.87. The maximum Gasteiger partial charge on any atom is 0.315 e. The molecule has 6 nitrogen and oxygen atoms in total. The van der Waals surface area contributed by atoms with Gasteiger partial charge in [-0.1, -0.05) is 25.0 Å². The molecule has 0 bridgehead atoms. The second-order valence-corrected chi connectivity index (χ2v) is 6.71. The molecule has 1 aliphatic carbocycles. The molecule has 0 aromatic heterocycles. The van der Waals surface area contributed by atoms with Crippen LogP contribution in [0.4, 0.5) is 14.9 Å². The third kappa shape index (κ3) is 4.10. The van der Waals surface area contributed by atoms with Crippen molar-refractivity contribution in [3.8, 4) is 0 Å². The van der Waals surface area contributed by atoms with E-state index in [0.29, 0.717) is 25.8 Å². The fraction of sp³-hybridized carbons (Fsp3) is 0.556. The number of hydrogen-bond donors (Lipinski definition) is 3. The van der Waals surface area contributed by atoms with Crippen LogP contribution in [0.15, 0.2) is 24.3 Å². The summed E-state index contributed by atoms with van der Waals surface area (Å²) in [5, 5.41) is 15.4. The minimum Gasteiger partial charge on any atom is -0.391 e. The van der Waals surface area contributed by atoms with Crippen LogP contribution in [-0.4, -0.2) is 41.8 Å². The summed E-state index contributed by atoms with van der Waals surface area (Å²) in [4.78, 5) is 26.2. The van der Waals surface area contributed by atoms with Gasteiger partial charge in [-0.15, -0.1) is 0 Å². The highest BCUT2D eigenvalue weighted by Gasteiger charge is 2.33. The predicted molar refractivity (Wildman–Crippen MR) is 91.7 cm³/mol. The molecule has 3 atom stereocenters. The number of benzene rings is 1. The molecular formula is C18H24FN3O3. The van der Waals surface area contributed by atoms with Gasteiger partial charge in [-0.2, -0.15) is 0 Å². The van der Waals surface area contributed by atoms with E-state index < -0.39 is 24.0 Å². The second kappa shape index (κ2) is 7.82. The van der Waals surface area contributed by atoms with Gasteiger partial charge in [-0.3, -0.25) is 4.79 Å². The molecule has 0 unspecified atom stereocenters. The number of aliphatic hydroxyl groups excluding tert-OH is 1. The number of para-hydroxylation sites is 1. The molecule has 3 N–H and O–H groups in total. The summed E-state index contributed by atoms with van der Waals surface area (Å²) in [6, 6.07) is 4.71. The number of hydrogen-bond acceptors (Lipinski definition) is 3. The van der Waals surface area contributed by atoms with Crippen LogP contribution in [0.3, 0.4) is 0 Å². The van der Waals surface area contributed by atoms with Gasteiger partial charge in [-0.05, 0) is 37.8 Å². The van der Waals surface area contributed by atoms with Crippen LogP contribution in [0.25, 0.3) is 0 Å². The highest BCUT2D eigenvalue weighted by Crippen LogP contribution is 2.24. The lowest BCUT2D eigenvalue weighted by Gasteiger charge is -2.34. The van der Waals surface area contributed by atoms with Gasteiger partial charge in [0.05, 0.1) is 17.8 Å². The normalized spacial score (nSPS) is 27.0. The van der Waals surface area contributed by atoms with Gasteiger partial charge >= 0.3 is 6.03 Å². The second-order valence-electron chi connectivity index (χ2n) is 6.71. The third-order valence-electron chi connectivity index (χ3n) is 4.93. The van der Waals surface area contributed by atoms with E-state index in [4.69, 9.17) is 0 Å². The number of nitrogens with one attached hydrogen (secondary N) is 2. The van der Waals surface area contributed by atoms with E-state index in [1.165, 1.54) is 11.0 Å². The van der Waals surface area contributed by atoms with Crippen LogP contribution < -0.4 is 15.5 Å². The molecule has 1 saturated carbocycles. The molecule has 1 aromatic rings. The average Bonchev–Trinajstić information content (AvgIpc) is 2.60. The van der Waals surface area contributed by atoms with E-state index in [9.17, 15) is 19.1 Å². The SMILES string of the molecule is O=C(N[C@@H]1CCCN(c2ccccc2F)C1=O)N[C@@H]1CCCC[C@H]1O. The van der Waals surface area contributed by atoms with Crippen molar-refractivity contribution in [2.24, 2.45) is 0 Å². The molecule has 0 radical (unpaired) electrons. The molecule has 7 heteroatoms. The van der Waals surface area contributed by atoms with Crippen LogP contribution in [0.1, 0.15) is 38.5 Å². The van der Waals surface area contributed by atoms with Crippen molar-refractivity contribution in [3.63, 3.8) is 0 Å². The van der Waals surface area contributed by atoms with E-state index >= 15 is 0 Å². The summed E-state index contributed by atoms with van der Waals surface area (Å²) < 4.78 is 14.0. The van der Waals surface area contributed by atoms with Crippen molar-refractivity contribution < 1.29 is 19.1 Å². The van der Waals surface area contributed by atoms with Gasteiger partial charge in [0.15, 0.2) is 0 Å². The molecule has 3 amide bonds. The van der Waals surface area contributed by atoms with Crippen molar-refractivity contribution in [1.29, 1.82) is 0 Å². The topological polar surface area (TPSA) is 81.7 Å². The van der Waals surface area contributed by atoms with E-state index in [1.54, 1.807) is 18.2 Å². The van der Waals surface area contributed by atoms with Crippen molar-refractivity contribution in [3.05, 3.63) is 30.1 Å². The predicted octanol–water partition coefficient (Wildman–Crippen LogP) is 1.92. The maximum atomic E-state index is 14.0. The van der Waals surface area contributed by atoms with Gasteiger partial charge in [0.25, 0.3) is 0 Å². The summed E-state index contributed by atoms with van der Waals surface area (Å²) in [7, 11) is 0. The first kappa shape index (κ1) is 17.7. The molecule has 0 spiro atoms. The lowest BCUT2D eigenvalue weighted by molar-refractivity contribution is -0.121. The Bertz CT molecular complexity index is 640. The number of nitrogens with zero attached hydrogens (tertiary/aromatic N) is 1. The van der Waals surface area contributed by atoms with Gasteiger partial charge in [0.1, 0.15) is 11.9 Å². The number of carbonyl (C=O) groups is 2. The Hall–Kier alpha value is -2.15. The number of anilines is 1. The minimum atomic E-state index is -0.686. The highest BCUT2D eigenvalue weighted by molar-refractivity contribution is 5.99. The number of halogens is 1. The quantitative estimate of drug-likeness (QED) is 0.780. The van der Waals surface area contributed by atoms with E-state index in [2.05, 4.69) is 10.6 Å². The summed E-state index contributed by atoms with van der Waals surface area (Å²) >= 11 is 0. The summed E-state index contributed by atoms with van der Waals surface area (Å²) in [6.45, 7) is 0.431. The number of piperidine rings is 1. The Labute approximate surface area is 146 Å². The largest absolute Gasteiger partial charge is 0.391 e. The van der Waals surface area contributed by atoms with Gasteiger partial charge in [0.2, 0.25) is 5.91 Å². The number of aliphatic hydroxyl groups is 1. The third-order valence-corrected chi connectivity index (χ3v) is 4.93. The molecule has 2 fully saturated rings. The zero-order chi connectivity index (χ0) is 17.8. The molecule has 1 heterocycles. The lowest BCUT2D eigenvalue weighted by atomic mass is 9.93. The van der Waals surface area contributed by atoms with Crippen molar-refractivity contribution in [2.45, 2.75) is 56.7 Å². The van der Waals surface area contributed by atoms with E-state index in [1.807, 2.05) is 0 Å². The first-order valence-electron chi connectivity index (χ1n) is 8.87. The summed E-state index contributed by atoms with van der Waals surface area (Å²) in [5.74, 6) is -0.762. The Balaban J connectivity index is 1.61. The van der Waals surface area contributed by atoms with Crippen LogP contribution in [0.5, 0.6) is 0 Å². The lowest BCUT2D eigenvalue weighted by Crippen LogP contribution is -2.57. The molecule has 136 valence electrons. The minimum absolute atomic E-state index is 0.238. The number of amides is 3. The Kier molecular flexibility index (Phi) is 5.53. The van der Waals surface area contributed by atoms with Crippen LogP contribution in [-0.2, 0) is 4.79 Å². The number of carbonyl (C=O) groups excluding carboxylic acids is 2. The van der Waals surface area contributed by atoms with Crippen LogP contribution in [0.2, 0.25) is 0 Å². The zero-order valence-electron chi connectivity index (χ0n) is 14.1. The first-order chi connectivity index (χ1) is 12.1. The zero-order valence-corrected chi connectivity index (χ0v) is 14.1. The van der Waals surface area contributed by atoms with E-state index in [-0.39, 0.29) is 17.6 Å². The fourth-order valence-electron chi connectivity index (χ4n) is 3.57. The number of rotatable bonds is 3. The van der Waals surface area contributed by atoms with Crippen molar-refractivity contribution >= 4 is 17.6 Å². The van der Waals surface area contributed by atoms with Crippen molar-refractivity contribution in [2.75, 3.05) is 11.4 Å². The standard InChI is InChI=1S/C18H24FN3O3/c19-12-6-1-3-9-15(12)22-11-5-8-14(17(22)24)21-18(25)20-13-7-2-4-10-16(13)23/h1,3,6,9,13-14,16,23H,2,4-5,7-8,10-11H2,(H2,20,21,25)/t13-,14-,16-/m1/s1. The smallest absolute Gasteiger partial charge is 0.315 e. The van der Waals surface area contributed by atoms with Gasteiger partial charge in [-0.25, -0.2) is 9.18 Å². The molecule has 25 heavy (non-hydrogen) atoms. The number of urea groups is 1. The molecule has 1 aromatic carbocycles. The van der Waals surface area contributed by atoms with Gasteiger partial charge < -0.3 is 20.6 Å². The molecule has 1 saturated heterocycles. The summed E-state index contributed by atoms with van der Waals surface area (Å²) in [5.41, 5.74) is 0.238. The van der Waals surface area contributed by atoms with E-state index in [0.717, 1.165) is 19.3 Å². The van der Waals surface area contributed by atoms with Crippen molar-refractivity contribution in [1.82, 2.24) is 10.6 Å². The Morgan fingerprint density at radius 2 is 1.88 bits per heavy atom. The average molecular weight is 349 g/mol. The van der Waals surface area contributed by atoms with Gasteiger partial charge in [0, 0.05) is 6.54 Å². The highest BCUT2D eigenvalue weighted by atomic mass is 19.1. The summed E-state index contributed by atoms with van der Waals surface area (Å²) in [6.07, 6.45) is 3.98. The molecule has 2 aliphatic rings.